The highest BCUT2D eigenvalue weighted by Gasteiger charge is 2.16. The van der Waals surface area contributed by atoms with Gasteiger partial charge in [0.2, 0.25) is 0 Å². The van der Waals surface area contributed by atoms with E-state index in [0.717, 1.165) is 12.1 Å². The van der Waals surface area contributed by atoms with Gasteiger partial charge in [-0.1, -0.05) is 18.7 Å². The molecule has 0 fully saturated rings. The van der Waals surface area contributed by atoms with Gasteiger partial charge in [-0.05, 0) is 26.0 Å². The summed E-state index contributed by atoms with van der Waals surface area (Å²) in [4.78, 5) is 0. The third-order valence-electron chi connectivity index (χ3n) is 2.00. The number of hydrogen-bond donors (Lipinski definition) is 0. The van der Waals surface area contributed by atoms with E-state index in [1.807, 2.05) is 42.5 Å². The summed E-state index contributed by atoms with van der Waals surface area (Å²) in [6.07, 6.45) is 10.8. The van der Waals surface area contributed by atoms with Crippen LogP contribution in [0.15, 0.2) is 41.7 Å². The van der Waals surface area contributed by atoms with Crippen LogP contribution in [0, 0.1) is 0 Å². The van der Waals surface area contributed by atoms with Crippen LogP contribution in [-0.4, -0.2) is 17.3 Å². The average Bonchev–Trinajstić information content (AvgIpc) is 2.54. The van der Waals surface area contributed by atoms with E-state index in [2.05, 4.69) is 18.6 Å². The van der Waals surface area contributed by atoms with Crippen LogP contribution in [0.3, 0.4) is 0 Å². The van der Waals surface area contributed by atoms with Gasteiger partial charge >= 0.3 is 0 Å². The largest absolute Gasteiger partial charge is 0.263 e. The van der Waals surface area contributed by atoms with Crippen LogP contribution < -0.4 is 0 Å². The zero-order valence-electron chi connectivity index (χ0n) is 8.27. The molecule has 1 aliphatic heterocycles. The highest BCUT2D eigenvalue weighted by atomic mass is 15.5. The maximum atomic E-state index is 4.28. The predicted molar refractivity (Wildman–Crippen MR) is 57.5 cm³/mol. The van der Waals surface area contributed by atoms with E-state index in [1.165, 1.54) is 0 Å². The molecule has 1 aliphatic rings. The topological polar surface area (TPSA) is 15.6 Å². The first-order valence-corrected chi connectivity index (χ1v) is 4.56. The van der Waals surface area contributed by atoms with E-state index in [4.69, 9.17) is 0 Å². The number of hydrogen-bond acceptors (Lipinski definition) is 2. The normalized spacial score (nSPS) is 23.1. The Hall–Kier alpha value is -1.31. The highest BCUT2D eigenvalue weighted by Crippen LogP contribution is 2.17. The van der Waals surface area contributed by atoms with Crippen LogP contribution in [0.25, 0.3) is 0 Å². The molecule has 0 saturated heterocycles. The molecule has 0 aromatic heterocycles. The summed E-state index contributed by atoms with van der Waals surface area (Å²) in [5.41, 5.74) is 1.05. The van der Waals surface area contributed by atoms with Crippen molar-refractivity contribution in [2.24, 2.45) is 5.10 Å². The quantitative estimate of drug-likeness (QED) is 0.604. The molecule has 2 heteroatoms. The van der Waals surface area contributed by atoms with Crippen LogP contribution >= 0.6 is 0 Å². The lowest BCUT2D eigenvalue weighted by Gasteiger charge is -2.20. The maximum absolute atomic E-state index is 4.28. The van der Waals surface area contributed by atoms with E-state index in [1.54, 1.807) is 0 Å². The standard InChI is InChI=1S/C11H16N2/c1-4-6-7-11(5-2)13-10(3)8-9-12-13/h4-7,9-10H,2,8H2,1,3H3/b6-4-,11-7+. The smallest absolute Gasteiger partial charge is 0.0591 e. The molecule has 70 valence electrons. The van der Waals surface area contributed by atoms with Crippen molar-refractivity contribution in [2.75, 3.05) is 0 Å². The number of nitrogens with zero attached hydrogens (tertiary/aromatic N) is 2. The Morgan fingerprint density at radius 3 is 2.92 bits per heavy atom. The second kappa shape index (κ2) is 4.65. The summed E-state index contributed by atoms with van der Waals surface area (Å²) in [7, 11) is 0. The lowest BCUT2D eigenvalue weighted by Crippen LogP contribution is -2.21. The number of hydrazone groups is 1. The van der Waals surface area contributed by atoms with E-state index in [0.29, 0.717) is 6.04 Å². The van der Waals surface area contributed by atoms with Gasteiger partial charge in [0.1, 0.15) is 0 Å². The Kier molecular flexibility index (Phi) is 3.50. The Morgan fingerprint density at radius 2 is 2.46 bits per heavy atom. The minimum Gasteiger partial charge on any atom is -0.263 e. The molecule has 0 aromatic rings. The molecule has 2 nitrogen and oxygen atoms in total. The van der Waals surface area contributed by atoms with Crippen molar-refractivity contribution in [1.29, 1.82) is 0 Å². The zero-order valence-corrected chi connectivity index (χ0v) is 8.27. The lowest BCUT2D eigenvalue weighted by atomic mass is 10.2. The van der Waals surface area contributed by atoms with Crippen LogP contribution in [0.5, 0.6) is 0 Å². The van der Waals surface area contributed by atoms with Gasteiger partial charge in [-0.2, -0.15) is 5.10 Å². The van der Waals surface area contributed by atoms with Gasteiger partial charge in [0.15, 0.2) is 0 Å². The van der Waals surface area contributed by atoms with Crippen molar-refractivity contribution >= 4 is 6.21 Å². The summed E-state index contributed by atoms with van der Waals surface area (Å²) >= 11 is 0. The molecule has 0 amide bonds. The number of rotatable bonds is 3. The molecule has 0 spiro atoms. The van der Waals surface area contributed by atoms with Crippen molar-refractivity contribution < 1.29 is 0 Å². The van der Waals surface area contributed by atoms with Gasteiger partial charge in [-0.15, -0.1) is 0 Å². The van der Waals surface area contributed by atoms with Crippen molar-refractivity contribution in [2.45, 2.75) is 26.3 Å². The highest BCUT2D eigenvalue weighted by molar-refractivity contribution is 5.60. The minimum absolute atomic E-state index is 0.453. The van der Waals surface area contributed by atoms with E-state index < -0.39 is 0 Å². The van der Waals surface area contributed by atoms with Crippen LogP contribution in [0.2, 0.25) is 0 Å². The van der Waals surface area contributed by atoms with Gasteiger partial charge in [0.05, 0.1) is 11.7 Å². The fourth-order valence-corrected chi connectivity index (χ4v) is 1.26. The molecular weight excluding hydrogens is 160 g/mol. The molecule has 0 N–H and O–H groups in total. The first-order chi connectivity index (χ1) is 6.29. The monoisotopic (exact) mass is 176 g/mol. The summed E-state index contributed by atoms with van der Waals surface area (Å²) in [5.74, 6) is 0. The Bertz CT molecular complexity index is 261. The number of allylic oxidation sites excluding steroid dienone is 4. The molecule has 1 heterocycles. The molecule has 13 heavy (non-hydrogen) atoms. The fraction of sp³-hybridized carbons (Fsp3) is 0.364. The molecule has 1 unspecified atom stereocenters. The molecule has 1 rings (SSSR count). The second-order valence-corrected chi connectivity index (χ2v) is 3.05. The van der Waals surface area contributed by atoms with Crippen molar-refractivity contribution in [3.8, 4) is 0 Å². The maximum Gasteiger partial charge on any atom is 0.0591 e. The Balaban J connectivity index is 2.76. The predicted octanol–water partition coefficient (Wildman–Crippen LogP) is 2.71. The average molecular weight is 176 g/mol. The molecule has 0 bridgehead atoms. The van der Waals surface area contributed by atoms with Gasteiger partial charge < -0.3 is 0 Å². The van der Waals surface area contributed by atoms with Crippen LogP contribution in [0.1, 0.15) is 20.3 Å². The van der Waals surface area contributed by atoms with Gasteiger partial charge in [0.25, 0.3) is 0 Å². The molecule has 1 atom stereocenters. The summed E-state index contributed by atoms with van der Waals surface area (Å²) in [6.45, 7) is 7.92. The SMILES string of the molecule is C=C/C(=C\C=C/C)N1N=CCC1C. The van der Waals surface area contributed by atoms with E-state index >= 15 is 0 Å². The minimum atomic E-state index is 0.453. The third kappa shape index (κ3) is 2.31. The van der Waals surface area contributed by atoms with Crippen LogP contribution in [-0.2, 0) is 0 Å². The van der Waals surface area contributed by atoms with Gasteiger partial charge in [-0.3, -0.25) is 5.01 Å². The van der Waals surface area contributed by atoms with Crippen molar-refractivity contribution in [3.63, 3.8) is 0 Å². The van der Waals surface area contributed by atoms with Crippen molar-refractivity contribution in [1.82, 2.24) is 5.01 Å². The summed E-state index contributed by atoms with van der Waals surface area (Å²) in [6, 6.07) is 0.453. The first-order valence-electron chi connectivity index (χ1n) is 4.56. The molecule has 0 aromatic carbocycles. The molecule has 0 aliphatic carbocycles. The van der Waals surface area contributed by atoms with Gasteiger partial charge in [-0.25, -0.2) is 0 Å². The second-order valence-electron chi connectivity index (χ2n) is 3.05. The lowest BCUT2D eigenvalue weighted by molar-refractivity contribution is 0.323. The Labute approximate surface area is 79.9 Å². The fourth-order valence-electron chi connectivity index (χ4n) is 1.26. The van der Waals surface area contributed by atoms with Gasteiger partial charge in [0, 0.05) is 12.6 Å². The zero-order chi connectivity index (χ0) is 9.68. The molecular formula is C11H16N2. The third-order valence-corrected chi connectivity index (χ3v) is 2.00. The van der Waals surface area contributed by atoms with E-state index in [9.17, 15) is 0 Å². The molecule has 0 radical (unpaired) electrons. The van der Waals surface area contributed by atoms with E-state index in [-0.39, 0.29) is 0 Å². The van der Waals surface area contributed by atoms with Crippen molar-refractivity contribution in [3.05, 3.63) is 36.6 Å². The first kappa shape index (κ1) is 9.78. The summed E-state index contributed by atoms with van der Waals surface area (Å²) < 4.78 is 0. The summed E-state index contributed by atoms with van der Waals surface area (Å²) in [5, 5.41) is 6.27. The molecule has 0 saturated carbocycles. The Morgan fingerprint density at radius 1 is 1.69 bits per heavy atom. The van der Waals surface area contributed by atoms with Crippen LogP contribution in [0.4, 0.5) is 0 Å².